The Morgan fingerprint density at radius 2 is 1.43 bits per heavy atom. The van der Waals surface area contributed by atoms with Crippen LogP contribution in [0.4, 0.5) is 5.69 Å². The topological polar surface area (TPSA) is 76.1 Å². The summed E-state index contributed by atoms with van der Waals surface area (Å²) in [6, 6.07) is 16.7. The molecule has 28 heavy (non-hydrogen) atoms. The van der Waals surface area contributed by atoms with Crippen LogP contribution in [-0.2, 0) is 31.2 Å². The van der Waals surface area contributed by atoms with Crippen molar-refractivity contribution in [3.8, 4) is 0 Å². The van der Waals surface area contributed by atoms with Gasteiger partial charge in [-0.05, 0) is 38.5 Å². The van der Waals surface area contributed by atoms with Crippen LogP contribution in [0.3, 0.4) is 0 Å². The van der Waals surface area contributed by atoms with E-state index in [1.165, 1.54) is 5.56 Å². The lowest BCUT2D eigenvalue weighted by Gasteiger charge is -2.26. The summed E-state index contributed by atoms with van der Waals surface area (Å²) in [7, 11) is 0. The molecule has 0 saturated carbocycles. The minimum atomic E-state index is -2.49. The maximum absolute atomic E-state index is 12.3. The van der Waals surface area contributed by atoms with Gasteiger partial charge in [0, 0.05) is 24.3 Å². The summed E-state index contributed by atoms with van der Waals surface area (Å²) in [5.41, 5.74) is -0.293. The zero-order valence-electron chi connectivity index (χ0n) is 16.6. The second-order valence-electron chi connectivity index (χ2n) is 6.20. The number of benzene rings is 2. The molecule has 0 radical (unpaired) electrons. The average Bonchev–Trinajstić information content (AvgIpc) is 2.72. The molecule has 0 aromatic heterocycles. The normalized spacial score (nSPS) is 11.0. The number of nitrogens with zero attached hydrogens (tertiary/aromatic N) is 1. The number of hydrogen-bond acceptors (Lipinski definition) is 6. The summed E-state index contributed by atoms with van der Waals surface area (Å²) in [5, 5.41) is 10.8. The highest BCUT2D eigenvalue weighted by Gasteiger charge is 2.49. The van der Waals surface area contributed by atoms with Crippen LogP contribution in [-0.4, -0.2) is 36.8 Å². The van der Waals surface area contributed by atoms with Gasteiger partial charge >= 0.3 is 11.9 Å². The van der Waals surface area contributed by atoms with Gasteiger partial charge in [-0.15, -0.1) is 0 Å². The Morgan fingerprint density at radius 3 is 1.89 bits per heavy atom. The van der Waals surface area contributed by atoms with E-state index in [1.54, 1.807) is 38.1 Å². The summed E-state index contributed by atoms with van der Waals surface area (Å²) >= 11 is 0. The van der Waals surface area contributed by atoms with Crippen molar-refractivity contribution >= 4 is 17.6 Å². The predicted octanol–water partition coefficient (Wildman–Crippen LogP) is 3.03. The van der Waals surface area contributed by atoms with Crippen LogP contribution in [0.25, 0.3) is 0 Å². The van der Waals surface area contributed by atoms with Crippen LogP contribution in [0.2, 0.25) is 0 Å². The molecule has 6 heteroatoms. The van der Waals surface area contributed by atoms with Gasteiger partial charge < -0.3 is 19.5 Å². The second kappa shape index (κ2) is 9.90. The summed E-state index contributed by atoms with van der Waals surface area (Å²) in [5.74, 6) is -2.09. The van der Waals surface area contributed by atoms with Crippen molar-refractivity contribution < 1.29 is 24.2 Å². The first-order valence-corrected chi connectivity index (χ1v) is 9.43. The van der Waals surface area contributed by atoms with Crippen molar-refractivity contribution in [3.05, 3.63) is 65.7 Å². The van der Waals surface area contributed by atoms with Gasteiger partial charge in [0.25, 0.3) is 5.60 Å². The van der Waals surface area contributed by atoms with Gasteiger partial charge in [-0.25, -0.2) is 9.59 Å². The highest BCUT2D eigenvalue weighted by molar-refractivity contribution is 6.04. The van der Waals surface area contributed by atoms with Crippen LogP contribution < -0.4 is 4.90 Å². The summed E-state index contributed by atoms with van der Waals surface area (Å²) in [6.07, 6.45) is 0. The van der Waals surface area contributed by atoms with Crippen LogP contribution >= 0.6 is 0 Å². The molecule has 0 fully saturated rings. The molecule has 0 spiro atoms. The monoisotopic (exact) mass is 385 g/mol. The molecular formula is C22H27NO5. The fourth-order valence-electron chi connectivity index (χ4n) is 2.89. The second-order valence-corrected chi connectivity index (χ2v) is 6.20. The average molecular weight is 385 g/mol. The molecule has 0 unspecified atom stereocenters. The molecule has 0 saturated heterocycles. The van der Waals surface area contributed by atoms with E-state index >= 15 is 0 Å². The van der Waals surface area contributed by atoms with E-state index in [0.29, 0.717) is 0 Å². The highest BCUT2D eigenvalue weighted by atomic mass is 16.6. The van der Waals surface area contributed by atoms with Crippen molar-refractivity contribution in [2.24, 2.45) is 0 Å². The fourth-order valence-corrected chi connectivity index (χ4v) is 2.89. The summed E-state index contributed by atoms with van der Waals surface area (Å²) < 4.78 is 9.81. The molecule has 0 bridgehead atoms. The zero-order valence-corrected chi connectivity index (χ0v) is 16.6. The number of anilines is 1. The number of rotatable bonds is 9. The Hall–Kier alpha value is -2.86. The van der Waals surface area contributed by atoms with Gasteiger partial charge in [0.1, 0.15) is 0 Å². The molecule has 0 aliphatic rings. The summed E-state index contributed by atoms with van der Waals surface area (Å²) in [4.78, 5) is 26.8. The fraction of sp³-hybridized carbons (Fsp3) is 0.364. The van der Waals surface area contributed by atoms with Crippen LogP contribution in [0.15, 0.2) is 54.6 Å². The van der Waals surface area contributed by atoms with Gasteiger partial charge in [-0.2, -0.15) is 0 Å². The van der Waals surface area contributed by atoms with Gasteiger partial charge in [0.2, 0.25) is 0 Å². The minimum absolute atomic E-state index is 0.0410. The maximum atomic E-state index is 12.3. The number of esters is 2. The Labute approximate surface area is 165 Å². The Bertz CT molecular complexity index is 755. The zero-order chi connectivity index (χ0) is 20.6. The molecule has 0 aliphatic heterocycles. The first kappa shape index (κ1) is 21.4. The molecule has 6 nitrogen and oxygen atoms in total. The van der Waals surface area contributed by atoms with Crippen molar-refractivity contribution in [2.45, 2.75) is 32.9 Å². The molecule has 0 aliphatic carbocycles. The standard InChI is InChI=1S/C22H27NO5/c1-4-23(16-17-10-8-7-9-11-17)19-14-12-18(13-15-19)22(26,20(24)27-5-2)21(25)28-6-3/h7-15,26H,4-6,16H2,1-3H3. The third-order valence-corrected chi connectivity index (χ3v) is 4.39. The van der Waals surface area contributed by atoms with E-state index < -0.39 is 17.5 Å². The number of ether oxygens (including phenoxy) is 2. The summed E-state index contributed by atoms with van der Waals surface area (Å²) in [6.45, 7) is 6.83. The Morgan fingerprint density at radius 1 is 0.893 bits per heavy atom. The molecule has 2 aromatic rings. The molecule has 1 N–H and O–H groups in total. The first-order chi connectivity index (χ1) is 13.5. The predicted molar refractivity (Wildman–Crippen MR) is 107 cm³/mol. The first-order valence-electron chi connectivity index (χ1n) is 9.43. The van der Waals surface area contributed by atoms with E-state index in [9.17, 15) is 14.7 Å². The molecule has 0 atom stereocenters. The number of hydrogen-bond donors (Lipinski definition) is 1. The smallest absolute Gasteiger partial charge is 0.354 e. The number of carbonyl (C=O) groups is 2. The van der Waals surface area contributed by atoms with Gasteiger partial charge in [-0.1, -0.05) is 42.5 Å². The quantitative estimate of drug-likeness (QED) is 0.528. The number of aliphatic hydroxyl groups is 1. The lowest BCUT2D eigenvalue weighted by atomic mass is 9.93. The van der Waals surface area contributed by atoms with E-state index in [-0.39, 0.29) is 18.8 Å². The largest absolute Gasteiger partial charge is 0.463 e. The van der Waals surface area contributed by atoms with E-state index in [4.69, 9.17) is 9.47 Å². The van der Waals surface area contributed by atoms with Crippen molar-refractivity contribution in [2.75, 3.05) is 24.7 Å². The van der Waals surface area contributed by atoms with Crippen molar-refractivity contribution in [1.29, 1.82) is 0 Å². The lowest BCUT2D eigenvalue weighted by Crippen LogP contribution is -2.46. The Balaban J connectivity index is 2.30. The van der Waals surface area contributed by atoms with E-state index in [0.717, 1.165) is 18.8 Å². The highest BCUT2D eigenvalue weighted by Crippen LogP contribution is 2.28. The van der Waals surface area contributed by atoms with Gasteiger partial charge in [-0.3, -0.25) is 0 Å². The van der Waals surface area contributed by atoms with E-state index in [2.05, 4.69) is 17.0 Å². The third-order valence-electron chi connectivity index (χ3n) is 4.39. The molecule has 0 amide bonds. The van der Waals surface area contributed by atoms with Gasteiger partial charge in [0.05, 0.1) is 13.2 Å². The lowest BCUT2D eigenvalue weighted by molar-refractivity contribution is -0.184. The minimum Gasteiger partial charge on any atom is -0.463 e. The van der Waals surface area contributed by atoms with E-state index in [1.807, 2.05) is 25.1 Å². The van der Waals surface area contributed by atoms with Crippen LogP contribution in [0, 0.1) is 0 Å². The molecule has 0 heterocycles. The molecule has 2 aromatic carbocycles. The molecule has 2 rings (SSSR count). The Kier molecular flexibility index (Phi) is 7.58. The SMILES string of the molecule is CCOC(=O)C(O)(C(=O)OCC)c1ccc(N(CC)Cc2ccccc2)cc1. The third kappa shape index (κ3) is 4.70. The van der Waals surface area contributed by atoms with Crippen molar-refractivity contribution in [3.63, 3.8) is 0 Å². The molecular weight excluding hydrogens is 358 g/mol. The number of carbonyl (C=O) groups excluding carboxylic acids is 2. The van der Waals surface area contributed by atoms with Crippen molar-refractivity contribution in [1.82, 2.24) is 0 Å². The maximum Gasteiger partial charge on any atom is 0.354 e. The van der Waals surface area contributed by atoms with Crippen LogP contribution in [0.5, 0.6) is 0 Å². The molecule has 150 valence electrons. The van der Waals surface area contributed by atoms with Crippen LogP contribution in [0.1, 0.15) is 31.9 Å². The van der Waals surface area contributed by atoms with Gasteiger partial charge in [0.15, 0.2) is 0 Å².